The lowest BCUT2D eigenvalue weighted by Crippen LogP contribution is -1.99. The largest absolute Gasteiger partial charge is 0.454 e. The fourth-order valence-corrected chi connectivity index (χ4v) is 1.87. The van der Waals surface area contributed by atoms with Gasteiger partial charge in [0.25, 0.3) is 5.69 Å². The molecule has 2 aromatic rings. The van der Waals surface area contributed by atoms with Gasteiger partial charge in [-0.25, -0.2) is 0 Å². The van der Waals surface area contributed by atoms with Crippen LogP contribution in [0.15, 0.2) is 30.6 Å². The third-order valence-electron chi connectivity index (χ3n) is 2.73. The second-order valence-corrected chi connectivity index (χ2v) is 4.80. The van der Waals surface area contributed by atoms with E-state index in [0.717, 1.165) is 0 Å². The van der Waals surface area contributed by atoms with Gasteiger partial charge in [-0.05, 0) is 19.9 Å². The van der Waals surface area contributed by atoms with Gasteiger partial charge in [0.1, 0.15) is 5.75 Å². The molecular formula is C13H14ClN3O3. The van der Waals surface area contributed by atoms with E-state index < -0.39 is 4.92 Å². The molecule has 0 aliphatic carbocycles. The summed E-state index contributed by atoms with van der Waals surface area (Å²) < 4.78 is 7.44. The van der Waals surface area contributed by atoms with E-state index >= 15 is 0 Å². The van der Waals surface area contributed by atoms with E-state index in [1.165, 1.54) is 12.1 Å². The van der Waals surface area contributed by atoms with Gasteiger partial charge in [0.2, 0.25) is 0 Å². The Morgan fingerprint density at radius 1 is 1.50 bits per heavy atom. The predicted molar refractivity (Wildman–Crippen MR) is 75.3 cm³/mol. The van der Waals surface area contributed by atoms with E-state index in [4.69, 9.17) is 16.3 Å². The summed E-state index contributed by atoms with van der Waals surface area (Å²) in [4.78, 5) is 10.3. The van der Waals surface area contributed by atoms with Crippen molar-refractivity contribution in [2.45, 2.75) is 25.8 Å². The molecule has 0 atom stereocenters. The molecule has 1 aromatic heterocycles. The van der Waals surface area contributed by atoms with Gasteiger partial charge in [-0.2, -0.15) is 5.10 Å². The number of halogens is 1. The summed E-state index contributed by atoms with van der Waals surface area (Å²) in [5.41, 5.74) is 0.559. The molecule has 2 rings (SSSR count). The Morgan fingerprint density at radius 2 is 2.25 bits per heavy atom. The molecule has 6 nitrogen and oxygen atoms in total. The van der Waals surface area contributed by atoms with E-state index in [1.54, 1.807) is 23.1 Å². The van der Waals surface area contributed by atoms with Gasteiger partial charge in [-0.3, -0.25) is 14.8 Å². The summed E-state index contributed by atoms with van der Waals surface area (Å²) in [5, 5.41) is 14.9. The van der Waals surface area contributed by atoms with E-state index in [1.807, 2.05) is 13.8 Å². The molecule has 0 saturated carbocycles. The van der Waals surface area contributed by atoms with Crippen LogP contribution in [0.1, 0.15) is 25.5 Å². The standard InChI is InChI=1S/C13H14ClN3O3/c1-9(2)16-8-12(7-15-16)20-13-4-3-11(17(18)19)5-10(13)6-14/h3-5,7-9H,6H2,1-2H3. The monoisotopic (exact) mass is 295 g/mol. The first-order chi connectivity index (χ1) is 9.51. The number of non-ortho nitro benzene ring substituents is 1. The third-order valence-corrected chi connectivity index (χ3v) is 3.02. The zero-order valence-electron chi connectivity index (χ0n) is 11.1. The first-order valence-electron chi connectivity index (χ1n) is 6.06. The zero-order valence-corrected chi connectivity index (χ0v) is 11.9. The molecule has 7 heteroatoms. The molecule has 0 unspecified atom stereocenters. The van der Waals surface area contributed by atoms with Gasteiger partial charge in [0.15, 0.2) is 5.75 Å². The third kappa shape index (κ3) is 3.08. The maximum Gasteiger partial charge on any atom is 0.270 e. The highest BCUT2D eigenvalue weighted by molar-refractivity contribution is 6.17. The molecule has 0 amide bonds. The highest BCUT2D eigenvalue weighted by Crippen LogP contribution is 2.29. The fourth-order valence-electron chi connectivity index (χ4n) is 1.67. The predicted octanol–water partition coefficient (Wildman–Crippen LogP) is 3.90. The second-order valence-electron chi connectivity index (χ2n) is 4.53. The van der Waals surface area contributed by atoms with Crippen LogP contribution in [0.4, 0.5) is 5.69 Å². The van der Waals surface area contributed by atoms with Crippen molar-refractivity contribution >= 4 is 17.3 Å². The number of rotatable bonds is 5. The normalized spacial score (nSPS) is 10.8. The minimum Gasteiger partial charge on any atom is -0.454 e. The summed E-state index contributed by atoms with van der Waals surface area (Å²) in [6.45, 7) is 4.01. The fraction of sp³-hybridized carbons (Fsp3) is 0.308. The van der Waals surface area contributed by atoms with Gasteiger partial charge in [-0.1, -0.05) is 0 Å². The zero-order chi connectivity index (χ0) is 14.7. The number of ether oxygens (including phenoxy) is 1. The van der Waals surface area contributed by atoms with Crippen LogP contribution < -0.4 is 4.74 Å². The van der Waals surface area contributed by atoms with Crippen LogP contribution in [0, 0.1) is 10.1 Å². The molecule has 0 spiro atoms. The number of hydrogen-bond acceptors (Lipinski definition) is 4. The maximum absolute atomic E-state index is 10.7. The number of alkyl halides is 1. The molecule has 106 valence electrons. The summed E-state index contributed by atoms with van der Waals surface area (Å²) in [5.74, 6) is 1.20. The number of benzene rings is 1. The van der Waals surface area contributed by atoms with Crippen LogP contribution in [0.5, 0.6) is 11.5 Å². The van der Waals surface area contributed by atoms with Crippen molar-refractivity contribution in [3.8, 4) is 11.5 Å². The number of nitrogens with zero attached hydrogens (tertiary/aromatic N) is 3. The van der Waals surface area contributed by atoms with Crippen LogP contribution in [-0.4, -0.2) is 14.7 Å². The van der Waals surface area contributed by atoms with Crippen molar-refractivity contribution in [3.63, 3.8) is 0 Å². The number of nitro benzene ring substituents is 1. The summed E-state index contributed by atoms with van der Waals surface area (Å²) in [6, 6.07) is 4.58. The van der Waals surface area contributed by atoms with Crippen LogP contribution in [-0.2, 0) is 5.88 Å². The van der Waals surface area contributed by atoms with Crippen molar-refractivity contribution in [2.24, 2.45) is 0 Å². The number of hydrogen-bond donors (Lipinski definition) is 0. The smallest absolute Gasteiger partial charge is 0.270 e. The molecule has 0 radical (unpaired) electrons. The molecular weight excluding hydrogens is 282 g/mol. The lowest BCUT2D eigenvalue weighted by molar-refractivity contribution is -0.384. The highest BCUT2D eigenvalue weighted by Gasteiger charge is 2.12. The molecule has 1 aromatic carbocycles. The molecule has 0 aliphatic rings. The van der Waals surface area contributed by atoms with Crippen LogP contribution in [0.25, 0.3) is 0 Å². The summed E-state index contributed by atoms with van der Waals surface area (Å²) in [6.07, 6.45) is 3.36. The molecule has 1 heterocycles. The van der Waals surface area contributed by atoms with E-state index in [0.29, 0.717) is 17.1 Å². The lowest BCUT2D eigenvalue weighted by atomic mass is 10.2. The first-order valence-corrected chi connectivity index (χ1v) is 6.60. The Morgan fingerprint density at radius 3 is 2.80 bits per heavy atom. The Hall–Kier alpha value is -2.08. The quantitative estimate of drug-likeness (QED) is 0.476. The van der Waals surface area contributed by atoms with Gasteiger partial charge in [0, 0.05) is 23.7 Å². The Bertz CT molecular complexity index is 625. The van der Waals surface area contributed by atoms with E-state index in [-0.39, 0.29) is 17.6 Å². The lowest BCUT2D eigenvalue weighted by Gasteiger charge is -2.07. The van der Waals surface area contributed by atoms with Crippen molar-refractivity contribution in [1.29, 1.82) is 0 Å². The van der Waals surface area contributed by atoms with Gasteiger partial charge in [0.05, 0.1) is 23.2 Å². The topological polar surface area (TPSA) is 70.2 Å². The van der Waals surface area contributed by atoms with E-state index in [9.17, 15) is 10.1 Å². The van der Waals surface area contributed by atoms with Gasteiger partial charge >= 0.3 is 0 Å². The Labute approximate surface area is 121 Å². The van der Waals surface area contributed by atoms with Crippen molar-refractivity contribution in [1.82, 2.24) is 9.78 Å². The molecule has 0 saturated heterocycles. The Kier molecular flexibility index (Phi) is 4.24. The van der Waals surface area contributed by atoms with E-state index in [2.05, 4.69) is 5.10 Å². The molecule has 20 heavy (non-hydrogen) atoms. The van der Waals surface area contributed by atoms with Gasteiger partial charge in [-0.15, -0.1) is 11.6 Å². The number of nitro groups is 1. The Balaban J connectivity index is 2.25. The van der Waals surface area contributed by atoms with Crippen molar-refractivity contribution in [2.75, 3.05) is 0 Å². The maximum atomic E-state index is 10.7. The van der Waals surface area contributed by atoms with Crippen molar-refractivity contribution < 1.29 is 9.66 Å². The average Bonchev–Trinajstić information content (AvgIpc) is 2.87. The van der Waals surface area contributed by atoms with Crippen LogP contribution in [0.3, 0.4) is 0 Å². The first kappa shape index (κ1) is 14.3. The molecule has 0 bridgehead atoms. The summed E-state index contributed by atoms with van der Waals surface area (Å²) >= 11 is 5.81. The second kappa shape index (κ2) is 5.92. The molecule has 0 aliphatic heterocycles. The van der Waals surface area contributed by atoms with Gasteiger partial charge < -0.3 is 4.74 Å². The minimum absolute atomic E-state index is 0.00845. The van der Waals surface area contributed by atoms with Crippen LogP contribution >= 0.6 is 11.6 Å². The van der Waals surface area contributed by atoms with Crippen LogP contribution in [0.2, 0.25) is 0 Å². The number of aromatic nitrogens is 2. The highest BCUT2D eigenvalue weighted by atomic mass is 35.5. The van der Waals surface area contributed by atoms with Crippen molar-refractivity contribution in [3.05, 3.63) is 46.3 Å². The average molecular weight is 296 g/mol. The molecule has 0 fully saturated rings. The SMILES string of the molecule is CC(C)n1cc(Oc2ccc([N+](=O)[O-])cc2CCl)cn1. The molecule has 0 N–H and O–H groups in total. The minimum atomic E-state index is -0.462. The summed E-state index contributed by atoms with van der Waals surface area (Å²) in [7, 11) is 0.